The maximum absolute atomic E-state index is 12.0. The number of nitrogen functional groups attached to an aromatic ring is 1. The molecule has 3 rings (SSSR count). The molecule has 0 aliphatic carbocycles. The van der Waals surface area contributed by atoms with Crippen molar-refractivity contribution in [2.75, 3.05) is 12.3 Å². The Morgan fingerprint density at radius 1 is 1.39 bits per heavy atom. The number of aliphatic hydroxyl groups excluding tert-OH is 3. The summed E-state index contributed by atoms with van der Waals surface area (Å²) >= 11 is 0. The van der Waals surface area contributed by atoms with E-state index in [9.17, 15) is 20.1 Å². The predicted molar refractivity (Wildman–Crippen MR) is 97.5 cm³/mol. The summed E-state index contributed by atoms with van der Waals surface area (Å²) in [4.78, 5) is 24.5. The van der Waals surface area contributed by atoms with Crippen molar-refractivity contribution in [1.82, 2.24) is 24.8 Å². The number of hydrogen-bond donors (Lipinski definition) is 5. The molecule has 1 fully saturated rings. The molecular weight excluding hydrogens is 368 g/mol. The lowest BCUT2D eigenvalue weighted by Crippen LogP contribution is -2.42. The van der Waals surface area contributed by atoms with Crippen LogP contribution in [0.4, 0.5) is 5.82 Å². The van der Waals surface area contributed by atoms with Crippen LogP contribution in [0, 0.1) is 11.8 Å². The Labute approximate surface area is 160 Å². The minimum Gasteiger partial charge on any atom is -0.387 e. The van der Waals surface area contributed by atoms with Gasteiger partial charge in [0.25, 0.3) is 5.91 Å². The van der Waals surface area contributed by atoms with Crippen LogP contribution in [0.15, 0.2) is 6.33 Å². The number of ether oxygens (including phenoxy) is 1. The summed E-state index contributed by atoms with van der Waals surface area (Å²) in [6.07, 6.45) is -4.21. The second-order valence-corrected chi connectivity index (χ2v) is 6.27. The zero-order valence-corrected chi connectivity index (χ0v) is 15.4. The Morgan fingerprint density at radius 3 is 2.82 bits per heavy atom. The highest BCUT2D eigenvalue weighted by atomic mass is 16.6. The number of imidazole rings is 1. The van der Waals surface area contributed by atoms with Crippen molar-refractivity contribution in [1.29, 1.82) is 0 Å². The van der Waals surface area contributed by atoms with Gasteiger partial charge >= 0.3 is 0 Å². The third kappa shape index (κ3) is 3.63. The third-order valence-electron chi connectivity index (χ3n) is 4.31. The molecular formula is C17H22N6O5. The number of carbonyl (C=O) groups is 1. The number of aliphatic hydroxyl groups is 3. The number of amides is 1. The Hall–Kier alpha value is -2.78. The van der Waals surface area contributed by atoms with Gasteiger partial charge in [0.05, 0.1) is 6.33 Å². The van der Waals surface area contributed by atoms with Crippen LogP contribution in [0.3, 0.4) is 0 Å². The van der Waals surface area contributed by atoms with Gasteiger partial charge in [0.2, 0.25) is 5.82 Å². The highest BCUT2D eigenvalue weighted by Gasteiger charge is 2.47. The first-order valence-electron chi connectivity index (χ1n) is 8.86. The summed E-state index contributed by atoms with van der Waals surface area (Å²) in [5.41, 5.74) is 6.39. The highest BCUT2D eigenvalue weighted by Crippen LogP contribution is 2.32. The fourth-order valence-electron chi connectivity index (χ4n) is 2.81. The lowest BCUT2D eigenvalue weighted by Gasteiger charge is -2.16. The number of aromatic nitrogens is 4. The van der Waals surface area contributed by atoms with E-state index in [0.29, 0.717) is 13.0 Å². The van der Waals surface area contributed by atoms with Crippen LogP contribution in [0.25, 0.3) is 11.2 Å². The lowest BCUT2D eigenvalue weighted by molar-refractivity contribution is -0.137. The third-order valence-corrected chi connectivity index (χ3v) is 4.31. The molecule has 0 radical (unpaired) electrons. The lowest BCUT2D eigenvalue weighted by atomic mass is 10.1. The number of rotatable bonds is 4. The van der Waals surface area contributed by atoms with Crippen LogP contribution < -0.4 is 11.1 Å². The van der Waals surface area contributed by atoms with Crippen LogP contribution in [-0.4, -0.2) is 71.7 Å². The second-order valence-electron chi connectivity index (χ2n) is 6.27. The summed E-state index contributed by atoms with van der Waals surface area (Å²) < 4.78 is 6.94. The zero-order chi connectivity index (χ0) is 20.4. The predicted octanol–water partition coefficient (Wildman–Crippen LogP) is -1.71. The number of hydrogen-bond acceptors (Lipinski definition) is 9. The van der Waals surface area contributed by atoms with Gasteiger partial charge in [-0.2, -0.15) is 0 Å². The van der Waals surface area contributed by atoms with Gasteiger partial charge in [-0.3, -0.25) is 9.36 Å². The molecule has 28 heavy (non-hydrogen) atoms. The quantitative estimate of drug-likeness (QED) is 0.381. The summed E-state index contributed by atoms with van der Waals surface area (Å²) in [5, 5.41) is 32.7. The molecule has 5 unspecified atom stereocenters. The minimum absolute atomic E-state index is 0.0624. The first-order chi connectivity index (χ1) is 13.4. The smallest absolute Gasteiger partial charge is 0.252 e. The van der Waals surface area contributed by atoms with Gasteiger partial charge in [-0.15, -0.1) is 0 Å². The Morgan fingerprint density at radius 2 is 2.14 bits per heavy atom. The molecule has 1 saturated heterocycles. The van der Waals surface area contributed by atoms with Gasteiger partial charge < -0.3 is 31.1 Å². The molecule has 1 aliphatic heterocycles. The summed E-state index contributed by atoms with van der Waals surface area (Å²) in [6, 6.07) is 0. The molecule has 1 aliphatic rings. The Bertz CT molecular complexity index is 935. The normalized spacial score (nSPS) is 25.3. The number of carbonyl (C=O) groups excluding carboxylic acids is 1. The molecule has 0 spiro atoms. The van der Waals surface area contributed by atoms with Gasteiger partial charge in [-0.25, -0.2) is 15.0 Å². The number of nitrogens with two attached hydrogens (primary N) is 1. The van der Waals surface area contributed by atoms with E-state index in [0.717, 1.165) is 0 Å². The Balaban J connectivity index is 1.98. The molecule has 1 amide bonds. The van der Waals surface area contributed by atoms with Crippen LogP contribution in [0.1, 0.15) is 32.3 Å². The number of anilines is 1. The van der Waals surface area contributed by atoms with E-state index < -0.39 is 36.6 Å². The maximum atomic E-state index is 12.0. The van der Waals surface area contributed by atoms with Gasteiger partial charge in [0.15, 0.2) is 23.8 Å². The average molecular weight is 390 g/mol. The SMILES string of the molecule is CCNC(=O)C1OC(n2cnc3c(N)nc(C#CC(O)CC)nc32)C(O)C1O. The van der Waals surface area contributed by atoms with Crippen molar-refractivity contribution in [3.05, 3.63) is 12.2 Å². The zero-order valence-electron chi connectivity index (χ0n) is 15.4. The monoisotopic (exact) mass is 390 g/mol. The van der Waals surface area contributed by atoms with Crippen LogP contribution >= 0.6 is 0 Å². The number of fused-ring (bicyclic) bond motifs is 1. The van der Waals surface area contributed by atoms with Gasteiger partial charge in [0, 0.05) is 6.54 Å². The molecule has 150 valence electrons. The van der Waals surface area contributed by atoms with Crippen LogP contribution in [0.2, 0.25) is 0 Å². The second kappa shape index (κ2) is 8.07. The van der Waals surface area contributed by atoms with E-state index in [1.807, 2.05) is 0 Å². The van der Waals surface area contributed by atoms with Crippen LogP contribution in [0.5, 0.6) is 0 Å². The maximum Gasteiger partial charge on any atom is 0.252 e. The van der Waals surface area contributed by atoms with E-state index in [4.69, 9.17) is 10.5 Å². The molecule has 11 heteroatoms. The largest absolute Gasteiger partial charge is 0.387 e. The van der Waals surface area contributed by atoms with Gasteiger partial charge in [-0.05, 0) is 19.3 Å². The summed E-state index contributed by atoms with van der Waals surface area (Å²) in [5.74, 6) is 4.83. The minimum atomic E-state index is -1.42. The van der Waals surface area contributed by atoms with Gasteiger partial charge in [0.1, 0.15) is 23.8 Å². The molecule has 2 aromatic rings. The topological polar surface area (TPSA) is 169 Å². The van der Waals surface area contributed by atoms with E-state index >= 15 is 0 Å². The fourth-order valence-corrected chi connectivity index (χ4v) is 2.81. The van der Waals surface area contributed by atoms with Gasteiger partial charge in [-0.1, -0.05) is 12.8 Å². The summed E-state index contributed by atoms with van der Waals surface area (Å²) in [7, 11) is 0. The number of nitrogens with zero attached hydrogens (tertiary/aromatic N) is 4. The molecule has 0 aromatic carbocycles. The van der Waals surface area contributed by atoms with E-state index in [-0.39, 0.29) is 22.8 Å². The molecule has 3 heterocycles. The van der Waals surface area contributed by atoms with Crippen molar-refractivity contribution in [2.45, 2.75) is 50.9 Å². The fraction of sp³-hybridized carbons (Fsp3) is 0.529. The first kappa shape index (κ1) is 20.0. The number of nitrogens with one attached hydrogen (secondary N) is 1. The van der Waals surface area contributed by atoms with Crippen molar-refractivity contribution < 1.29 is 24.9 Å². The molecule has 5 atom stereocenters. The first-order valence-corrected chi connectivity index (χ1v) is 8.86. The molecule has 6 N–H and O–H groups in total. The summed E-state index contributed by atoms with van der Waals surface area (Å²) in [6.45, 7) is 3.87. The van der Waals surface area contributed by atoms with E-state index in [2.05, 4.69) is 32.1 Å². The Kier molecular flexibility index (Phi) is 5.76. The highest BCUT2D eigenvalue weighted by molar-refractivity contribution is 5.83. The molecule has 0 bridgehead atoms. The van der Waals surface area contributed by atoms with Crippen molar-refractivity contribution in [2.24, 2.45) is 0 Å². The number of likely N-dealkylation sites (N-methyl/N-ethyl adjacent to an activating group) is 1. The van der Waals surface area contributed by atoms with E-state index in [1.165, 1.54) is 10.9 Å². The standard InChI is InChI=1S/C17H22N6O5/c1-3-8(24)5-6-9-21-14(18)10-15(22-9)23(7-20-10)17-12(26)11(25)13(28-17)16(27)19-4-2/h7-8,11-13,17,24-26H,3-4H2,1-2H3,(H,19,27)(H2,18,21,22). The molecule has 11 nitrogen and oxygen atoms in total. The average Bonchev–Trinajstić information content (AvgIpc) is 3.22. The van der Waals surface area contributed by atoms with Crippen molar-refractivity contribution in [3.63, 3.8) is 0 Å². The molecule has 2 aromatic heterocycles. The molecule has 0 saturated carbocycles. The van der Waals surface area contributed by atoms with Crippen molar-refractivity contribution in [3.8, 4) is 11.8 Å². The van der Waals surface area contributed by atoms with Crippen molar-refractivity contribution >= 4 is 22.9 Å². The van der Waals surface area contributed by atoms with E-state index in [1.54, 1.807) is 13.8 Å². The van der Waals surface area contributed by atoms with Crippen LogP contribution in [-0.2, 0) is 9.53 Å².